The van der Waals surface area contributed by atoms with Crippen molar-refractivity contribution in [1.29, 1.82) is 0 Å². The summed E-state index contributed by atoms with van der Waals surface area (Å²) in [6, 6.07) is 9.88. The average Bonchev–Trinajstić information content (AvgIpc) is 3.06. The van der Waals surface area contributed by atoms with Gasteiger partial charge in [-0.2, -0.15) is 0 Å². The quantitative estimate of drug-likeness (QED) is 0.397. The second kappa shape index (κ2) is 8.67. The van der Waals surface area contributed by atoms with Gasteiger partial charge < -0.3 is 15.0 Å². The van der Waals surface area contributed by atoms with Crippen molar-refractivity contribution >= 4 is 23.2 Å². The molecule has 0 fully saturated rings. The Bertz CT molecular complexity index is 885. The van der Waals surface area contributed by atoms with E-state index in [1.807, 2.05) is 30.5 Å². The standard InChI is InChI=1S/C19H23ClN6/c1-3-21-19(22-10-9-15-7-8-17(20)23-11-15)24-12-16-13-26-14(2)5-4-6-18(26)25-16/h4-8,11,13H,3,9-10,12H2,1-2H3,(H2,21,22,24). The Labute approximate surface area is 158 Å². The van der Waals surface area contributed by atoms with Crippen LogP contribution < -0.4 is 10.6 Å². The first-order chi connectivity index (χ1) is 12.7. The molecule has 0 unspecified atom stereocenters. The number of guanidine groups is 1. The summed E-state index contributed by atoms with van der Waals surface area (Å²) in [6.45, 7) is 6.21. The van der Waals surface area contributed by atoms with Crippen LogP contribution in [0.25, 0.3) is 5.65 Å². The molecule has 2 N–H and O–H groups in total. The maximum Gasteiger partial charge on any atom is 0.191 e. The van der Waals surface area contributed by atoms with E-state index in [0.29, 0.717) is 11.7 Å². The van der Waals surface area contributed by atoms with Crippen LogP contribution in [-0.4, -0.2) is 33.4 Å². The molecule has 0 amide bonds. The Balaban J connectivity index is 1.60. The third kappa shape index (κ3) is 4.73. The topological polar surface area (TPSA) is 66.6 Å². The number of pyridine rings is 2. The number of rotatable bonds is 6. The van der Waals surface area contributed by atoms with E-state index in [0.717, 1.165) is 48.1 Å². The van der Waals surface area contributed by atoms with Crippen molar-refractivity contribution in [1.82, 2.24) is 25.0 Å². The van der Waals surface area contributed by atoms with Gasteiger partial charge in [-0.1, -0.05) is 23.7 Å². The molecule has 3 aromatic rings. The lowest BCUT2D eigenvalue weighted by atomic mass is 10.2. The maximum atomic E-state index is 5.81. The molecule has 0 aromatic carbocycles. The molecular formula is C19H23ClN6. The lowest BCUT2D eigenvalue weighted by molar-refractivity contribution is 0.796. The van der Waals surface area contributed by atoms with E-state index in [-0.39, 0.29) is 0 Å². The number of hydrogen-bond acceptors (Lipinski definition) is 3. The van der Waals surface area contributed by atoms with Crippen LogP contribution in [0.5, 0.6) is 0 Å². The highest BCUT2D eigenvalue weighted by molar-refractivity contribution is 6.29. The van der Waals surface area contributed by atoms with Crippen LogP contribution in [0.3, 0.4) is 0 Å². The number of hydrogen-bond donors (Lipinski definition) is 2. The molecule has 136 valence electrons. The molecule has 3 rings (SSSR count). The van der Waals surface area contributed by atoms with Crippen LogP contribution in [0, 0.1) is 6.92 Å². The summed E-state index contributed by atoms with van der Waals surface area (Å²) in [7, 11) is 0. The molecule has 7 heteroatoms. The molecule has 26 heavy (non-hydrogen) atoms. The van der Waals surface area contributed by atoms with Gasteiger partial charge >= 0.3 is 0 Å². The van der Waals surface area contributed by atoms with Gasteiger partial charge in [0.25, 0.3) is 0 Å². The molecule has 0 radical (unpaired) electrons. The third-order valence-electron chi connectivity index (χ3n) is 3.98. The van der Waals surface area contributed by atoms with Crippen LogP contribution in [0.2, 0.25) is 5.15 Å². The zero-order valence-electron chi connectivity index (χ0n) is 15.0. The van der Waals surface area contributed by atoms with E-state index < -0.39 is 0 Å². The molecule has 3 aromatic heterocycles. The van der Waals surface area contributed by atoms with Crippen LogP contribution in [0.4, 0.5) is 0 Å². The van der Waals surface area contributed by atoms with Gasteiger partial charge in [0.2, 0.25) is 0 Å². The molecule has 0 bridgehead atoms. The zero-order valence-corrected chi connectivity index (χ0v) is 15.8. The first kappa shape index (κ1) is 18.2. The summed E-state index contributed by atoms with van der Waals surface area (Å²) in [5.74, 6) is 0.781. The summed E-state index contributed by atoms with van der Waals surface area (Å²) >= 11 is 5.81. The minimum Gasteiger partial charge on any atom is -0.357 e. The second-order valence-corrected chi connectivity index (χ2v) is 6.38. The number of imidazole rings is 1. The highest BCUT2D eigenvalue weighted by Crippen LogP contribution is 2.09. The van der Waals surface area contributed by atoms with E-state index in [2.05, 4.69) is 49.9 Å². The maximum absolute atomic E-state index is 5.81. The van der Waals surface area contributed by atoms with E-state index in [1.165, 1.54) is 0 Å². The molecule has 0 aliphatic rings. The van der Waals surface area contributed by atoms with Crippen LogP contribution >= 0.6 is 11.6 Å². The number of aliphatic imine (C=N–C) groups is 1. The molecule has 0 spiro atoms. The van der Waals surface area contributed by atoms with Crippen molar-refractivity contribution in [3.63, 3.8) is 0 Å². The normalized spacial score (nSPS) is 11.7. The van der Waals surface area contributed by atoms with Gasteiger partial charge in [-0.3, -0.25) is 0 Å². The molecule has 3 heterocycles. The number of aryl methyl sites for hydroxylation is 1. The number of nitrogens with zero attached hydrogens (tertiary/aromatic N) is 4. The van der Waals surface area contributed by atoms with Gasteiger partial charge in [0.05, 0.1) is 12.2 Å². The lowest BCUT2D eigenvalue weighted by Crippen LogP contribution is -2.38. The first-order valence-corrected chi connectivity index (χ1v) is 9.09. The van der Waals surface area contributed by atoms with E-state index in [4.69, 9.17) is 11.6 Å². The van der Waals surface area contributed by atoms with Crippen molar-refractivity contribution in [2.75, 3.05) is 13.1 Å². The summed E-state index contributed by atoms with van der Waals surface area (Å²) in [4.78, 5) is 13.4. The van der Waals surface area contributed by atoms with Gasteiger partial charge in [0.1, 0.15) is 10.8 Å². The Morgan fingerprint density at radius 1 is 1.23 bits per heavy atom. The Morgan fingerprint density at radius 3 is 2.85 bits per heavy atom. The molecule has 0 saturated heterocycles. The molecule has 0 atom stereocenters. The van der Waals surface area contributed by atoms with Gasteiger partial charge in [-0.15, -0.1) is 0 Å². The van der Waals surface area contributed by atoms with E-state index >= 15 is 0 Å². The van der Waals surface area contributed by atoms with Gasteiger partial charge in [-0.25, -0.2) is 15.0 Å². The number of nitrogens with one attached hydrogen (secondary N) is 2. The summed E-state index contributed by atoms with van der Waals surface area (Å²) in [5.41, 5.74) is 4.18. The summed E-state index contributed by atoms with van der Waals surface area (Å²) in [5, 5.41) is 7.12. The number of halogens is 1. The van der Waals surface area contributed by atoms with Crippen molar-refractivity contribution in [2.24, 2.45) is 4.99 Å². The highest BCUT2D eigenvalue weighted by Gasteiger charge is 2.04. The second-order valence-electron chi connectivity index (χ2n) is 5.99. The number of aromatic nitrogens is 3. The fourth-order valence-corrected chi connectivity index (χ4v) is 2.77. The third-order valence-corrected chi connectivity index (χ3v) is 4.21. The van der Waals surface area contributed by atoms with Crippen LogP contribution in [0.15, 0.2) is 47.7 Å². The highest BCUT2D eigenvalue weighted by atomic mass is 35.5. The summed E-state index contributed by atoms with van der Waals surface area (Å²) in [6.07, 6.45) is 4.69. The first-order valence-electron chi connectivity index (χ1n) is 8.72. The molecule has 0 saturated carbocycles. The number of fused-ring (bicyclic) bond motifs is 1. The van der Waals surface area contributed by atoms with Crippen molar-refractivity contribution in [2.45, 2.75) is 26.8 Å². The minimum atomic E-state index is 0.513. The van der Waals surface area contributed by atoms with Crippen molar-refractivity contribution in [3.8, 4) is 0 Å². The fraction of sp³-hybridized carbons (Fsp3) is 0.316. The monoisotopic (exact) mass is 370 g/mol. The predicted molar refractivity (Wildman–Crippen MR) is 106 cm³/mol. The van der Waals surface area contributed by atoms with Gasteiger partial charge in [0, 0.05) is 31.2 Å². The van der Waals surface area contributed by atoms with Crippen molar-refractivity contribution in [3.05, 3.63) is 64.8 Å². The smallest absolute Gasteiger partial charge is 0.191 e. The summed E-state index contributed by atoms with van der Waals surface area (Å²) < 4.78 is 2.08. The van der Waals surface area contributed by atoms with E-state index in [1.54, 1.807) is 6.20 Å². The van der Waals surface area contributed by atoms with Gasteiger partial charge in [0.15, 0.2) is 5.96 Å². The molecule has 0 aliphatic carbocycles. The zero-order chi connectivity index (χ0) is 18.4. The largest absolute Gasteiger partial charge is 0.357 e. The Kier molecular flexibility index (Phi) is 6.07. The molecule has 0 aliphatic heterocycles. The SMILES string of the molecule is CCNC(=NCc1cn2c(C)cccc2n1)NCCc1ccc(Cl)nc1. The van der Waals surface area contributed by atoms with Crippen LogP contribution in [0.1, 0.15) is 23.9 Å². The Morgan fingerprint density at radius 2 is 2.12 bits per heavy atom. The average molecular weight is 371 g/mol. The predicted octanol–water partition coefficient (Wildman–Crippen LogP) is 2.99. The molecular weight excluding hydrogens is 348 g/mol. The van der Waals surface area contributed by atoms with E-state index in [9.17, 15) is 0 Å². The van der Waals surface area contributed by atoms with Gasteiger partial charge in [-0.05, 0) is 44.0 Å². The molecule has 6 nitrogen and oxygen atoms in total. The Hall–Kier alpha value is -2.60. The lowest BCUT2D eigenvalue weighted by Gasteiger charge is -2.10. The fourth-order valence-electron chi connectivity index (χ4n) is 2.66. The minimum absolute atomic E-state index is 0.513. The van der Waals surface area contributed by atoms with Crippen molar-refractivity contribution < 1.29 is 0 Å². The van der Waals surface area contributed by atoms with Crippen LogP contribution in [-0.2, 0) is 13.0 Å².